The van der Waals surface area contributed by atoms with Crippen LogP contribution < -0.4 is 14.8 Å². The van der Waals surface area contributed by atoms with Gasteiger partial charge < -0.3 is 10.1 Å². The van der Waals surface area contributed by atoms with Gasteiger partial charge >= 0.3 is 0 Å². The highest BCUT2D eigenvalue weighted by molar-refractivity contribution is 7.92. The van der Waals surface area contributed by atoms with Crippen LogP contribution in [0.2, 0.25) is 0 Å². The van der Waals surface area contributed by atoms with Crippen LogP contribution in [0.25, 0.3) is 0 Å². The average Bonchev–Trinajstić information content (AvgIpc) is 2.65. The van der Waals surface area contributed by atoms with Gasteiger partial charge in [-0.25, -0.2) is 8.42 Å². The molecule has 0 amide bonds. The van der Waals surface area contributed by atoms with Gasteiger partial charge in [0.2, 0.25) is 0 Å². The van der Waals surface area contributed by atoms with E-state index in [2.05, 4.69) is 20.2 Å². The van der Waals surface area contributed by atoms with Gasteiger partial charge in [-0.15, -0.1) is 10.2 Å². The highest BCUT2D eigenvalue weighted by Gasteiger charge is 2.15. The van der Waals surface area contributed by atoms with Gasteiger partial charge in [0.25, 0.3) is 10.0 Å². The minimum absolute atomic E-state index is 0.113. The topological polar surface area (TPSA) is 93.2 Å². The Balaban J connectivity index is 1.73. The van der Waals surface area contributed by atoms with Crippen LogP contribution in [-0.4, -0.2) is 25.7 Å². The summed E-state index contributed by atoms with van der Waals surface area (Å²) >= 11 is 0. The predicted molar refractivity (Wildman–Crippen MR) is 100 cm³/mol. The van der Waals surface area contributed by atoms with Crippen molar-refractivity contribution >= 4 is 27.3 Å². The minimum atomic E-state index is -3.75. The molecule has 0 saturated carbocycles. The van der Waals surface area contributed by atoms with E-state index in [4.69, 9.17) is 4.74 Å². The van der Waals surface area contributed by atoms with Crippen LogP contribution in [0.1, 0.15) is 5.56 Å². The van der Waals surface area contributed by atoms with Gasteiger partial charge in [0.1, 0.15) is 5.75 Å². The molecule has 7 nitrogen and oxygen atoms in total. The van der Waals surface area contributed by atoms with Gasteiger partial charge in [-0.2, -0.15) is 0 Å². The molecular formula is C18H18N4O3S. The number of anilines is 3. The van der Waals surface area contributed by atoms with E-state index in [1.165, 1.54) is 19.2 Å². The largest absolute Gasteiger partial charge is 0.497 e. The molecule has 3 rings (SSSR count). The van der Waals surface area contributed by atoms with Gasteiger partial charge in [0.05, 0.1) is 12.0 Å². The molecule has 0 radical (unpaired) electrons. The molecule has 1 aromatic heterocycles. The zero-order valence-electron chi connectivity index (χ0n) is 14.3. The Morgan fingerprint density at radius 3 is 2.15 bits per heavy atom. The van der Waals surface area contributed by atoms with E-state index in [-0.39, 0.29) is 10.7 Å². The fourth-order valence-electron chi connectivity index (χ4n) is 2.26. The first kappa shape index (κ1) is 17.7. The molecule has 0 aliphatic heterocycles. The Hall–Kier alpha value is -3.13. The van der Waals surface area contributed by atoms with Crippen molar-refractivity contribution in [3.8, 4) is 5.75 Å². The number of rotatable bonds is 6. The molecule has 0 bridgehead atoms. The molecule has 0 saturated heterocycles. The minimum Gasteiger partial charge on any atom is -0.497 e. The van der Waals surface area contributed by atoms with Crippen LogP contribution in [0.5, 0.6) is 5.75 Å². The van der Waals surface area contributed by atoms with E-state index in [1.807, 2.05) is 31.2 Å². The van der Waals surface area contributed by atoms with Gasteiger partial charge in [0, 0.05) is 5.69 Å². The number of sulfonamides is 1. The number of hydrogen-bond donors (Lipinski definition) is 2. The van der Waals surface area contributed by atoms with Gasteiger partial charge in [-0.1, -0.05) is 18.2 Å². The molecule has 0 aliphatic rings. The number of nitrogens with zero attached hydrogens (tertiary/aromatic N) is 2. The van der Waals surface area contributed by atoms with Gasteiger partial charge in [-0.3, -0.25) is 4.72 Å². The van der Waals surface area contributed by atoms with Crippen molar-refractivity contribution in [2.75, 3.05) is 17.1 Å². The van der Waals surface area contributed by atoms with E-state index < -0.39 is 10.0 Å². The summed E-state index contributed by atoms with van der Waals surface area (Å²) in [6.45, 7) is 1.98. The Morgan fingerprint density at radius 2 is 1.54 bits per heavy atom. The smallest absolute Gasteiger partial charge is 0.263 e. The SMILES string of the molecule is COc1ccc(S(=O)(=O)Nc2ccc(Nc3ccccc3C)nn2)cc1. The third-order valence-electron chi connectivity index (χ3n) is 3.68. The van der Waals surface area contributed by atoms with Crippen LogP contribution in [0.3, 0.4) is 0 Å². The van der Waals surface area contributed by atoms with E-state index in [0.29, 0.717) is 11.6 Å². The number of methoxy groups -OCH3 is 1. The Bertz CT molecular complexity index is 988. The first-order valence-electron chi connectivity index (χ1n) is 7.81. The molecule has 1 heterocycles. The number of nitrogens with one attached hydrogen (secondary N) is 2. The summed E-state index contributed by atoms with van der Waals surface area (Å²) in [5.41, 5.74) is 1.98. The molecule has 0 unspecified atom stereocenters. The molecule has 134 valence electrons. The summed E-state index contributed by atoms with van der Waals surface area (Å²) in [7, 11) is -2.23. The molecule has 2 N–H and O–H groups in total. The monoisotopic (exact) mass is 370 g/mol. The van der Waals surface area contributed by atoms with Crippen molar-refractivity contribution in [1.29, 1.82) is 0 Å². The standard InChI is InChI=1S/C18H18N4O3S/c1-13-5-3-4-6-16(13)19-17-11-12-18(21-20-17)22-26(23,24)15-9-7-14(25-2)8-10-15/h3-12H,1-2H3,(H,19,20)(H,21,22). The van der Waals surface area contributed by atoms with Crippen molar-refractivity contribution in [3.05, 3.63) is 66.2 Å². The first-order valence-corrected chi connectivity index (χ1v) is 9.29. The number of aromatic nitrogens is 2. The second-order valence-electron chi connectivity index (χ2n) is 5.52. The molecule has 0 aliphatic carbocycles. The summed E-state index contributed by atoms with van der Waals surface area (Å²) < 4.78 is 32.2. The average molecular weight is 370 g/mol. The lowest BCUT2D eigenvalue weighted by Gasteiger charge is -2.10. The van der Waals surface area contributed by atoms with Crippen molar-refractivity contribution in [3.63, 3.8) is 0 Å². The number of aryl methyl sites for hydroxylation is 1. The maximum absolute atomic E-state index is 12.4. The van der Waals surface area contributed by atoms with Crippen molar-refractivity contribution in [2.24, 2.45) is 0 Å². The van der Waals surface area contributed by atoms with Crippen LogP contribution in [0, 0.1) is 6.92 Å². The third-order valence-corrected chi connectivity index (χ3v) is 5.05. The van der Waals surface area contributed by atoms with Crippen LogP contribution in [-0.2, 0) is 10.0 Å². The lowest BCUT2D eigenvalue weighted by atomic mass is 10.2. The third kappa shape index (κ3) is 4.09. The Kier molecular flexibility index (Phi) is 5.04. The van der Waals surface area contributed by atoms with E-state index in [0.717, 1.165) is 11.3 Å². The molecule has 2 aromatic carbocycles. The summed E-state index contributed by atoms with van der Waals surface area (Å²) in [5.74, 6) is 1.23. The van der Waals surface area contributed by atoms with E-state index in [1.54, 1.807) is 24.3 Å². The van der Waals surface area contributed by atoms with Crippen molar-refractivity contribution in [2.45, 2.75) is 11.8 Å². The van der Waals surface area contributed by atoms with Crippen molar-refractivity contribution < 1.29 is 13.2 Å². The molecule has 0 atom stereocenters. The molecule has 0 fully saturated rings. The summed E-state index contributed by atoms with van der Waals surface area (Å²) in [4.78, 5) is 0.113. The van der Waals surface area contributed by atoms with Crippen LogP contribution in [0.4, 0.5) is 17.3 Å². The fraction of sp³-hybridized carbons (Fsp3) is 0.111. The second kappa shape index (κ2) is 7.40. The highest BCUT2D eigenvalue weighted by atomic mass is 32.2. The Labute approximate surface area is 152 Å². The molecule has 8 heteroatoms. The first-order chi connectivity index (χ1) is 12.5. The zero-order valence-corrected chi connectivity index (χ0v) is 15.1. The summed E-state index contributed by atoms with van der Waals surface area (Å²) in [6, 6.07) is 17.1. The fourth-order valence-corrected chi connectivity index (χ4v) is 3.25. The number of benzene rings is 2. The van der Waals surface area contributed by atoms with Crippen LogP contribution in [0.15, 0.2) is 65.6 Å². The molecule has 3 aromatic rings. The highest BCUT2D eigenvalue weighted by Crippen LogP contribution is 2.20. The maximum Gasteiger partial charge on any atom is 0.263 e. The van der Waals surface area contributed by atoms with Crippen molar-refractivity contribution in [1.82, 2.24) is 10.2 Å². The normalized spacial score (nSPS) is 11.0. The summed E-state index contributed by atoms with van der Waals surface area (Å²) in [5, 5.41) is 11.1. The number of ether oxygens (including phenoxy) is 1. The second-order valence-corrected chi connectivity index (χ2v) is 7.21. The zero-order chi connectivity index (χ0) is 18.6. The van der Waals surface area contributed by atoms with Crippen LogP contribution >= 0.6 is 0 Å². The van der Waals surface area contributed by atoms with Gasteiger partial charge in [0.15, 0.2) is 11.6 Å². The van der Waals surface area contributed by atoms with E-state index in [9.17, 15) is 8.42 Å². The maximum atomic E-state index is 12.4. The molecule has 26 heavy (non-hydrogen) atoms. The number of para-hydroxylation sites is 1. The lowest BCUT2D eigenvalue weighted by Crippen LogP contribution is -2.14. The Morgan fingerprint density at radius 1 is 0.885 bits per heavy atom. The van der Waals surface area contributed by atoms with Gasteiger partial charge in [-0.05, 0) is 55.0 Å². The quantitative estimate of drug-likeness (QED) is 0.691. The lowest BCUT2D eigenvalue weighted by molar-refractivity contribution is 0.414. The molecule has 0 spiro atoms. The summed E-state index contributed by atoms with van der Waals surface area (Å²) in [6.07, 6.45) is 0. The molecular weight excluding hydrogens is 352 g/mol. The number of hydrogen-bond acceptors (Lipinski definition) is 6. The predicted octanol–water partition coefficient (Wildman–Crippen LogP) is 3.34. The van der Waals surface area contributed by atoms with E-state index >= 15 is 0 Å².